The molecule has 0 atom stereocenters. The van der Waals surface area contributed by atoms with Gasteiger partial charge in [-0.05, 0) is 102 Å². The van der Waals surface area contributed by atoms with Crippen LogP contribution in [-0.4, -0.2) is 0 Å². The van der Waals surface area contributed by atoms with E-state index in [0.29, 0.717) is 0 Å². The second-order valence-electron chi connectivity index (χ2n) is 11.3. The second kappa shape index (κ2) is 70.2. The van der Waals surface area contributed by atoms with Gasteiger partial charge in [0.1, 0.15) is 0 Å². The molecule has 0 unspecified atom stereocenters. The molecule has 0 N–H and O–H groups in total. The van der Waals surface area contributed by atoms with Gasteiger partial charge in [-0.2, -0.15) is 0 Å². The molecule has 0 fully saturated rings. The van der Waals surface area contributed by atoms with Crippen LogP contribution in [0.2, 0.25) is 0 Å². The summed E-state index contributed by atoms with van der Waals surface area (Å²) in [5.74, 6) is 222. The van der Waals surface area contributed by atoms with Crippen molar-refractivity contribution in [1.82, 2.24) is 0 Å². The normalized spacial score (nSPS) is 3.96. The van der Waals surface area contributed by atoms with Gasteiger partial charge in [0.05, 0.1) is 0 Å². The van der Waals surface area contributed by atoms with Crippen LogP contribution in [0.5, 0.6) is 0 Å². The van der Waals surface area contributed by atoms with Gasteiger partial charge in [0, 0.05) is 426 Å². The highest BCUT2D eigenvalue weighted by Crippen LogP contribution is 1.66. The molecule has 0 bridgehead atoms. The Morgan fingerprint density at radius 3 is 0.198 bits per heavy atom. The number of hydrogen-bond acceptors (Lipinski definition) is 0. The van der Waals surface area contributed by atoms with Gasteiger partial charge >= 0.3 is 0 Å². The van der Waals surface area contributed by atoms with Crippen LogP contribution in [0.1, 0.15) is 6.92 Å². The Bertz CT molecular complexity index is 6320. The molecule has 0 aromatic heterocycles. The van der Waals surface area contributed by atoms with E-state index >= 15 is 0 Å². The average Bonchev–Trinajstić information content (AvgIpc) is 3.56. The molecule has 0 amide bonds. The first-order chi connectivity index (χ1) is 45.4. The molecular weight excluding hydrogens is 1090 g/mol. The topological polar surface area (TPSA) is 0 Å². The van der Waals surface area contributed by atoms with Crippen LogP contribution < -0.4 is 0 Å². The van der Waals surface area contributed by atoms with E-state index in [-0.39, 0.29) is 0 Å². The summed E-state index contributed by atoms with van der Waals surface area (Å²) in [5, 5.41) is 0. The van der Waals surface area contributed by atoms with E-state index in [1.807, 2.05) is 0 Å². The third-order valence-electron chi connectivity index (χ3n) is 5.57. The zero-order chi connectivity index (χ0) is 64.9. The van der Waals surface area contributed by atoms with E-state index in [2.05, 4.69) is 527 Å². The molecule has 368 valence electrons. The van der Waals surface area contributed by atoms with Crippen LogP contribution in [-0.2, 0) is 0 Å². The summed E-state index contributed by atoms with van der Waals surface area (Å²) < 4.78 is 0. The van der Waals surface area contributed by atoms with E-state index < -0.39 is 0 Å². The summed E-state index contributed by atoms with van der Waals surface area (Å²) in [4.78, 5) is 0. The summed E-state index contributed by atoms with van der Waals surface area (Å²) >= 11 is 0. The fraction of sp³-hybridized carbons (Fsp3) is 0.0110. The zero-order valence-corrected chi connectivity index (χ0v) is 46.1. The molecular formula is C91H4. The molecule has 0 aromatic rings. The van der Waals surface area contributed by atoms with Gasteiger partial charge < -0.3 is 0 Å². The van der Waals surface area contributed by atoms with E-state index in [1.54, 1.807) is 6.92 Å². The van der Waals surface area contributed by atoms with Gasteiger partial charge in [-0.25, -0.2) is 0 Å². The Labute approximate surface area is 537 Å². The Morgan fingerprint density at radius 1 is 0.0879 bits per heavy atom. The molecule has 0 heteroatoms. The fourth-order valence-electron chi connectivity index (χ4n) is 2.75. The van der Waals surface area contributed by atoms with Crippen LogP contribution in [0.25, 0.3) is 0 Å². The molecule has 0 saturated heterocycles. The molecule has 0 spiro atoms. The Balaban J connectivity index is 4.63. The minimum Gasteiger partial charge on any atom is -0.106 e. The lowest BCUT2D eigenvalue weighted by Gasteiger charge is -1.58. The van der Waals surface area contributed by atoms with Crippen LogP contribution in [0, 0.1) is 533 Å². The Hall–Kier alpha value is -19.8. The molecule has 0 rings (SSSR count). The van der Waals surface area contributed by atoms with E-state index in [0.717, 1.165) is 0 Å². The first kappa shape index (κ1) is 71.2. The summed E-state index contributed by atoms with van der Waals surface area (Å²) in [5.41, 5.74) is 0. The lowest BCUT2D eigenvalue weighted by molar-refractivity contribution is 1.92. The predicted octanol–water partition coefficient (Wildman–Crippen LogP) is 0.789. The zero-order valence-electron chi connectivity index (χ0n) is 46.1. The molecule has 0 radical (unpaired) electrons. The summed E-state index contributed by atoms with van der Waals surface area (Å²) in [6, 6.07) is 0. The molecule has 0 aliphatic rings. The maximum absolute atomic E-state index is 4.95. The highest BCUT2D eigenvalue weighted by molar-refractivity contribution is 5.55. The largest absolute Gasteiger partial charge is 0.106 e. The smallest absolute Gasteiger partial charge is 0 e. The molecule has 91 heavy (non-hydrogen) atoms. The van der Waals surface area contributed by atoms with Crippen LogP contribution in [0.15, 0.2) is 0 Å². The number of hydrogen-bond donors (Lipinski definition) is 0. The lowest BCUT2D eigenvalue weighted by Crippen LogP contribution is -1.57. The van der Waals surface area contributed by atoms with Crippen LogP contribution in [0.4, 0.5) is 0 Å². The second-order valence-corrected chi connectivity index (χ2v) is 11.3. The minimum absolute atomic E-state index is 1.68. The summed E-state index contributed by atoms with van der Waals surface area (Å²) in [6.07, 6.45) is 4.95. The van der Waals surface area contributed by atoms with Gasteiger partial charge in [0.2, 0.25) is 0 Å². The number of rotatable bonds is 0. The predicted molar refractivity (Wildman–Crippen MR) is 357 cm³/mol. The van der Waals surface area contributed by atoms with Crippen molar-refractivity contribution in [1.29, 1.82) is 0 Å². The monoisotopic (exact) mass is 1100 g/mol. The molecule has 0 nitrogen and oxygen atoms in total. The highest BCUT2D eigenvalue weighted by atomic mass is 13.7. The Kier molecular flexibility index (Phi) is 54.9. The molecule has 0 saturated carbocycles. The fourth-order valence-corrected chi connectivity index (χ4v) is 2.75. The van der Waals surface area contributed by atoms with Crippen LogP contribution in [0.3, 0.4) is 0 Å². The SMILES string of the molecule is C#CC#CC#CC#CC#CC#CC#CC#CC#CC#CC#CC#CC#CC#CC#CC#CC#CC#CC#CC#CC#CC#CC#CC#CC#CC#CC#CC#CC#CC#CC#CC#CC#CC#CC#CC#CC#CC#CC#CC#CC#CC#CC#CC#CC#CC. The van der Waals surface area contributed by atoms with Gasteiger partial charge in [0.25, 0.3) is 0 Å². The van der Waals surface area contributed by atoms with Crippen molar-refractivity contribution >= 4 is 0 Å². The molecule has 0 aliphatic heterocycles. The average molecular weight is 1100 g/mol. The summed E-state index contributed by atoms with van der Waals surface area (Å²) in [7, 11) is 0. The van der Waals surface area contributed by atoms with Gasteiger partial charge in [-0.15, -0.1) is 6.42 Å². The van der Waals surface area contributed by atoms with Gasteiger partial charge in [-0.1, -0.05) is 5.92 Å². The molecule has 0 aliphatic carbocycles. The Morgan fingerprint density at radius 2 is 0.143 bits per heavy atom. The first-order valence-electron chi connectivity index (χ1n) is 22.8. The maximum atomic E-state index is 4.95. The first-order valence-corrected chi connectivity index (χ1v) is 22.8. The van der Waals surface area contributed by atoms with Crippen molar-refractivity contribution in [2.75, 3.05) is 0 Å². The highest BCUT2D eigenvalue weighted by Gasteiger charge is 1.66. The molecule has 0 heterocycles. The maximum Gasteiger partial charge on any atom is 0 e. The third-order valence-corrected chi connectivity index (χ3v) is 5.57. The molecule has 0 aromatic carbocycles. The van der Waals surface area contributed by atoms with Gasteiger partial charge in [0.15, 0.2) is 0 Å². The van der Waals surface area contributed by atoms with Crippen molar-refractivity contribution < 1.29 is 0 Å². The van der Waals surface area contributed by atoms with E-state index in [9.17, 15) is 0 Å². The standard InChI is InChI=1S/C91H4/c1-3-5-7-9-11-13-15-17-19-21-23-25-27-29-31-33-35-37-39-41-43-45-47-49-51-53-55-57-59-61-63-65-67-69-71-73-75-77-79-81-83-85-87-89-91-90-88-86-84-82-80-78-76-74-72-70-68-66-64-62-60-58-56-54-52-50-48-46-44-42-40-38-36-34-32-30-28-26-24-22-20-18-16-14-12-10-8-6-4-2/h1H,2H3. The van der Waals surface area contributed by atoms with Crippen molar-refractivity contribution in [3.8, 4) is 533 Å². The van der Waals surface area contributed by atoms with E-state index in [4.69, 9.17) is 6.42 Å². The van der Waals surface area contributed by atoms with Crippen molar-refractivity contribution in [2.45, 2.75) is 6.92 Å². The van der Waals surface area contributed by atoms with Crippen molar-refractivity contribution in [2.24, 2.45) is 0 Å². The number of terminal acetylenes is 1. The minimum atomic E-state index is 1.68. The van der Waals surface area contributed by atoms with Crippen LogP contribution >= 0.6 is 0 Å². The quantitative estimate of drug-likeness (QED) is 0.316. The lowest BCUT2D eigenvalue weighted by atomic mass is 10.4. The van der Waals surface area contributed by atoms with Crippen molar-refractivity contribution in [3.05, 3.63) is 0 Å². The third kappa shape index (κ3) is 70.2. The summed E-state index contributed by atoms with van der Waals surface area (Å²) in [6.45, 7) is 1.68. The van der Waals surface area contributed by atoms with Gasteiger partial charge in [-0.3, -0.25) is 0 Å². The van der Waals surface area contributed by atoms with E-state index in [1.165, 1.54) is 0 Å². The van der Waals surface area contributed by atoms with Crippen molar-refractivity contribution in [3.63, 3.8) is 0 Å².